The Morgan fingerprint density at radius 2 is 1.86 bits per heavy atom. The van der Waals surface area contributed by atoms with Crippen LogP contribution in [-0.4, -0.2) is 20.7 Å². The van der Waals surface area contributed by atoms with E-state index in [2.05, 4.69) is 30.1 Å². The predicted molar refractivity (Wildman–Crippen MR) is 143 cm³/mol. The van der Waals surface area contributed by atoms with Crippen LogP contribution in [0.3, 0.4) is 0 Å². The molecule has 1 aromatic heterocycles. The first-order valence-corrected chi connectivity index (χ1v) is 13.3. The van der Waals surface area contributed by atoms with Gasteiger partial charge in [-0.15, -0.1) is 6.58 Å². The van der Waals surface area contributed by atoms with Gasteiger partial charge in [-0.25, -0.2) is 4.98 Å². The molecule has 1 fully saturated rings. The highest BCUT2D eigenvalue weighted by atomic mass is 32.2. The van der Waals surface area contributed by atoms with E-state index in [1.807, 2.05) is 43.3 Å². The van der Waals surface area contributed by atoms with Crippen LogP contribution in [0.15, 0.2) is 77.2 Å². The number of rotatable bonds is 6. The Balaban J connectivity index is 1.58. The maximum absolute atomic E-state index is 14.1. The SMILES string of the molecule is C=CCn1c(S[C@H](C)C(=O)Nc2ccccc2)nc2c(c1=O)C1(CCCCC1)Cc1ccccc1-2. The molecule has 2 aliphatic rings. The third-order valence-electron chi connectivity index (χ3n) is 7.28. The number of anilines is 1. The minimum absolute atomic E-state index is 0.0180. The maximum Gasteiger partial charge on any atom is 0.258 e. The summed E-state index contributed by atoms with van der Waals surface area (Å²) in [6, 6.07) is 17.8. The smallest absolute Gasteiger partial charge is 0.258 e. The zero-order chi connectivity index (χ0) is 24.4. The number of carbonyl (C=O) groups excluding carboxylic acids is 1. The number of nitrogens with zero attached hydrogens (tertiary/aromatic N) is 2. The molecule has 0 unspecified atom stereocenters. The number of benzene rings is 2. The highest BCUT2D eigenvalue weighted by molar-refractivity contribution is 8.00. The number of hydrogen-bond acceptors (Lipinski definition) is 4. The Labute approximate surface area is 210 Å². The average molecular weight is 486 g/mol. The van der Waals surface area contributed by atoms with Gasteiger partial charge in [0.25, 0.3) is 5.56 Å². The van der Waals surface area contributed by atoms with Gasteiger partial charge in [-0.3, -0.25) is 14.2 Å². The lowest BCUT2D eigenvalue weighted by Crippen LogP contribution is -2.43. The maximum atomic E-state index is 14.1. The second-order valence-electron chi connectivity index (χ2n) is 9.61. The van der Waals surface area contributed by atoms with Gasteiger partial charge in [-0.2, -0.15) is 0 Å². The van der Waals surface area contributed by atoms with Crippen LogP contribution in [0.1, 0.15) is 50.2 Å². The standard InChI is InChI=1S/C29H31N3O2S/c1-3-18-32-27(34)24-25(23-15-9-8-12-21(23)19-29(24)16-10-5-11-17-29)31-28(32)35-20(2)26(33)30-22-13-6-4-7-14-22/h3-4,6-9,12-15,20H,1,5,10-11,16-19H2,2H3,(H,30,33)/t20-/m1/s1. The zero-order valence-corrected chi connectivity index (χ0v) is 20.9. The molecule has 35 heavy (non-hydrogen) atoms. The summed E-state index contributed by atoms with van der Waals surface area (Å²) >= 11 is 1.33. The number of allylic oxidation sites excluding steroid dienone is 1. The molecule has 1 spiro atoms. The van der Waals surface area contributed by atoms with E-state index in [4.69, 9.17) is 4.98 Å². The monoisotopic (exact) mass is 485 g/mol. The molecule has 1 saturated carbocycles. The van der Waals surface area contributed by atoms with E-state index in [1.165, 1.54) is 23.7 Å². The number of aromatic nitrogens is 2. The van der Waals surface area contributed by atoms with Crippen molar-refractivity contribution in [3.63, 3.8) is 0 Å². The van der Waals surface area contributed by atoms with Gasteiger partial charge in [-0.1, -0.05) is 79.6 Å². The van der Waals surface area contributed by atoms with Crippen LogP contribution in [0.25, 0.3) is 11.3 Å². The topological polar surface area (TPSA) is 64.0 Å². The Kier molecular flexibility index (Phi) is 6.65. The van der Waals surface area contributed by atoms with Crippen molar-refractivity contribution in [2.24, 2.45) is 0 Å². The fourth-order valence-corrected chi connectivity index (χ4v) is 6.49. The van der Waals surface area contributed by atoms with E-state index in [0.29, 0.717) is 11.7 Å². The first-order valence-electron chi connectivity index (χ1n) is 12.4. The summed E-state index contributed by atoms with van der Waals surface area (Å²) in [4.78, 5) is 32.2. The van der Waals surface area contributed by atoms with Crippen molar-refractivity contribution in [2.75, 3.05) is 5.32 Å². The minimum Gasteiger partial charge on any atom is -0.325 e. The van der Waals surface area contributed by atoms with E-state index < -0.39 is 5.25 Å². The van der Waals surface area contributed by atoms with Crippen LogP contribution in [0, 0.1) is 0 Å². The van der Waals surface area contributed by atoms with Crippen LogP contribution in [0.4, 0.5) is 5.69 Å². The van der Waals surface area contributed by atoms with Gasteiger partial charge >= 0.3 is 0 Å². The molecule has 2 aliphatic carbocycles. The predicted octanol–water partition coefficient (Wildman–Crippen LogP) is 5.97. The van der Waals surface area contributed by atoms with E-state index in [-0.39, 0.29) is 16.9 Å². The number of nitrogens with one attached hydrogen (secondary N) is 1. The van der Waals surface area contributed by atoms with Crippen LogP contribution < -0.4 is 10.9 Å². The molecule has 2 aromatic carbocycles. The van der Waals surface area contributed by atoms with Gasteiger partial charge in [0.2, 0.25) is 5.91 Å². The summed E-state index contributed by atoms with van der Waals surface area (Å²) in [6.45, 7) is 6.10. The summed E-state index contributed by atoms with van der Waals surface area (Å²) < 4.78 is 1.72. The lowest BCUT2D eigenvalue weighted by molar-refractivity contribution is -0.115. The average Bonchev–Trinajstić information content (AvgIpc) is 2.87. The van der Waals surface area contributed by atoms with Gasteiger partial charge in [0.1, 0.15) is 0 Å². The summed E-state index contributed by atoms with van der Waals surface area (Å²) in [5, 5.41) is 3.09. The number of amides is 1. The van der Waals surface area contributed by atoms with Crippen molar-refractivity contribution in [1.29, 1.82) is 0 Å². The van der Waals surface area contributed by atoms with E-state index in [0.717, 1.165) is 54.6 Å². The molecule has 0 bridgehead atoms. The molecule has 1 N–H and O–H groups in total. The number of para-hydroxylation sites is 1. The molecule has 3 aromatic rings. The molecule has 1 atom stereocenters. The third-order valence-corrected chi connectivity index (χ3v) is 8.37. The van der Waals surface area contributed by atoms with Crippen molar-refractivity contribution < 1.29 is 4.79 Å². The molecule has 6 heteroatoms. The first-order chi connectivity index (χ1) is 17.0. The van der Waals surface area contributed by atoms with Crippen molar-refractivity contribution in [1.82, 2.24) is 9.55 Å². The van der Waals surface area contributed by atoms with E-state index in [1.54, 1.807) is 10.6 Å². The molecule has 5 rings (SSSR count). The van der Waals surface area contributed by atoms with Crippen LogP contribution in [-0.2, 0) is 23.2 Å². The second-order valence-corrected chi connectivity index (χ2v) is 10.9. The molecule has 5 nitrogen and oxygen atoms in total. The molecule has 1 amide bonds. The lowest BCUT2D eigenvalue weighted by atomic mass is 9.62. The number of thioether (sulfide) groups is 1. The van der Waals surface area contributed by atoms with Gasteiger partial charge in [0, 0.05) is 23.2 Å². The third kappa shape index (κ3) is 4.47. The van der Waals surface area contributed by atoms with Crippen molar-refractivity contribution in [3.8, 4) is 11.3 Å². The van der Waals surface area contributed by atoms with Crippen molar-refractivity contribution in [3.05, 3.63) is 88.7 Å². The van der Waals surface area contributed by atoms with Crippen LogP contribution >= 0.6 is 11.8 Å². The Morgan fingerprint density at radius 1 is 1.14 bits per heavy atom. The van der Waals surface area contributed by atoms with Crippen molar-refractivity contribution >= 4 is 23.4 Å². The number of hydrogen-bond donors (Lipinski definition) is 1. The number of carbonyl (C=O) groups is 1. The zero-order valence-electron chi connectivity index (χ0n) is 20.1. The molecular weight excluding hydrogens is 454 g/mol. The van der Waals surface area contributed by atoms with Gasteiger partial charge in [0.05, 0.1) is 16.5 Å². The summed E-state index contributed by atoms with van der Waals surface area (Å²) in [5.41, 5.74) is 4.59. The highest BCUT2D eigenvalue weighted by Gasteiger charge is 2.43. The number of fused-ring (bicyclic) bond motifs is 4. The second kappa shape index (κ2) is 9.86. The Hall–Kier alpha value is -3.12. The first kappa shape index (κ1) is 23.6. The van der Waals surface area contributed by atoms with Crippen molar-refractivity contribution in [2.45, 2.75) is 67.8 Å². The van der Waals surface area contributed by atoms with Gasteiger partial charge in [0.15, 0.2) is 5.16 Å². The normalized spacial score (nSPS) is 16.7. The summed E-state index contributed by atoms with van der Waals surface area (Å²) in [7, 11) is 0. The molecule has 0 radical (unpaired) electrons. The fourth-order valence-electron chi connectivity index (χ4n) is 5.58. The molecule has 1 heterocycles. The van der Waals surface area contributed by atoms with Crippen LogP contribution in [0.2, 0.25) is 0 Å². The summed E-state index contributed by atoms with van der Waals surface area (Å²) in [6.07, 6.45) is 8.14. The van der Waals surface area contributed by atoms with E-state index in [9.17, 15) is 9.59 Å². The molecule has 0 saturated heterocycles. The Bertz CT molecular complexity index is 1310. The lowest BCUT2D eigenvalue weighted by Gasteiger charge is -2.42. The largest absolute Gasteiger partial charge is 0.325 e. The molecule has 0 aliphatic heterocycles. The summed E-state index contributed by atoms with van der Waals surface area (Å²) in [5.74, 6) is -0.123. The minimum atomic E-state index is -0.432. The highest BCUT2D eigenvalue weighted by Crippen LogP contribution is 2.48. The van der Waals surface area contributed by atoms with Crippen LogP contribution in [0.5, 0.6) is 0 Å². The quantitative estimate of drug-likeness (QED) is 0.265. The van der Waals surface area contributed by atoms with E-state index >= 15 is 0 Å². The Morgan fingerprint density at radius 3 is 2.60 bits per heavy atom. The fraction of sp³-hybridized carbons (Fsp3) is 0.345. The molecule has 180 valence electrons. The molecular formula is C29H31N3O2S. The van der Waals surface area contributed by atoms with Gasteiger partial charge in [-0.05, 0) is 43.9 Å². The van der Waals surface area contributed by atoms with Gasteiger partial charge < -0.3 is 5.32 Å².